The third-order valence-electron chi connectivity index (χ3n) is 2.80. The standard InChI is InChI=1S/C12H18BrN3O/c1-9(7-10-8-17-6-5-14-10)16-11-3-2-4-15-12(11)13/h2-4,9-10,14,16H,5-8H2,1H3. The second-order valence-corrected chi connectivity index (χ2v) is 5.10. The van der Waals surface area contributed by atoms with E-state index in [1.165, 1.54) is 0 Å². The lowest BCUT2D eigenvalue weighted by atomic mass is 10.1. The van der Waals surface area contributed by atoms with Gasteiger partial charge in [0, 0.05) is 24.8 Å². The fraction of sp³-hybridized carbons (Fsp3) is 0.583. The number of anilines is 1. The second kappa shape index (κ2) is 6.33. The van der Waals surface area contributed by atoms with Crippen LogP contribution in [0.4, 0.5) is 5.69 Å². The third-order valence-corrected chi connectivity index (χ3v) is 3.43. The molecular formula is C12H18BrN3O. The van der Waals surface area contributed by atoms with Gasteiger partial charge in [0.15, 0.2) is 0 Å². The zero-order valence-corrected chi connectivity index (χ0v) is 11.5. The van der Waals surface area contributed by atoms with Crippen LogP contribution in [0.15, 0.2) is 22.9 Å². The molecule has 0 radical (unpaired) electrons. The summed E-state index contributed by atoms with van der Waals surface area (Å²) < 4.78 is 6.31. The van der Waals surface area contributed by atoms with E-state index in [1.807, 2.05) is 12.1 Å². The molecule has 1 fully saturated rings. The van der Waals surface area contributed by atoms with Gasteiger partial charge >= 0.3 is 0 Å². The van der Waals surface area contributed by atoms with Crippen molar-refractivity contribution in [3.63, 3.8) is 0 Å². The van der Waals surface area contributed by atoms with Crippen molar-refractivity contribution in [3.8, 4) is 0 Å². The van der Waals surface area contributed by atoms with Gasteiger partial charge in [-0.25, -0.2) is 4.98 Å². The fourth-order valence-electron chi connectivity index (χ4n) is 2.02. The van der Waals surface area contributed by atoms with Crippen molar-refractivity contribution in [2.75, 3.05) is 25.1 Å². The summed E-state index contributed by atoms with van der Waals surface area (Å²) in [6.07, 6.45) is 2.82. The van der Waals surface area contributed by atoms with Crippen LogP contribution in [0.25, 0.3) is 0 Å². The average Bonchev–Trinajstić information content (AvgIpc) is 2.33. The highest BCUT2D eigenvalue weighted by atomic mass is 79.9. The van der Waals surface area contributed by atoms with Crippen LogP contribution in [-0.4, -0.2) is 36.8 Å². The molecule has 4 nitrogen and oxygen atoms in total. The molecule has 0 bridgehead atoms. The molecule has 0 aromatic carbocycles. The number of halogens is 1. The fourth-order valence-corrected chi connectivity index (χ4v) is 2.38. The third kappa shape index (κ3) is 3.94. The number of pyridine rings is 1. The minimum absolute atomic E-state index is 0.384. The SMILES string of the molecule is CC(CC1COCCN1)Nc1cccnc1Br. The van der Waals surface area contributed by atoms with Crippen LogP contribution in [0, 0.1) is 0 Å². The Morgan fingerprint density at radius 1 is 1.71 bits per heavy atom. The summed E-state index contributed by atoms with van der Waals surface area (Å²) in [5, 5.41) is 6.91. The highest BCUT2D eigenvalue weighted by Gasteiger charge is 2.16. The Balaban J connectivity index is 1.84. The average molecular weight is 300 g/mol. The lowest BCUT2D eigenvalue weighted by molar-refractivity contribution is 0.0731. The summed E-state index contributed by atoms with van der Waals surface area (Å²) in [6.45, 7) is 4.76. The number of rotatable bonds is 4. The van der Waals surface area contributed by atoms with Crippen molar-refractivity contribution in [3.05, 3.63) is 22.9 Å². The maximum Gasteiger partial charge on any atom is 0.129 e. The van der Waals surface area contributed by atoms with Crippen LogP contribution < -0.4 is 10.6 Å². The van der Waals surface area contributed by atoms with Crippen molar-refractivity contribution in [2.45, 2.75) is 25.4 Å². The summed E-state index contributed by atoms with van der Waals surface area (Å²) >= 11 is 3.44. The van der Waals surface area contributed by atoms with Crippen LogP contribution in [0.5, 0.6) is 0 Å². The molecule has 1 saturated heterocycles. The van der Waals surface area contributed by atoms with Gasteiger partial charge in [0.2, 0.25) is 0 Å². The van der Waals surface area contributed by atoms with E-state index in [0.717, 1.165) is 36.5 Å². The van der Waals surface area contributed by atoms with Gasteiger partial charge in [-0.05, 0) is 41.4 Å². The molecule has 0 saturated carbocycles. The van der Waals surface area contributed by atoms with E-state index < -0.39 is 0 Å². The second-order valence-electron chi connectivity index (χ2n) is 4.35. The molecule has 1 aromatic rings. The molecule has 94 valence electrons. The number of ether oxygens (including phenoxy) is 1. The molecule has 17 heavy (non-hydrogen) atoms. The van der Waals surface area contributed by atoms with E-state index >= 15 is 0 Å². The van der Waals surface area contributed by atoms with Gasteiger partial charge in [-0.3, -0.25) is 0 Å². The van der Waals surface area contributed by atoms with E-state index in [1.54, 1.807) is 6.20 Å². The van der Waals surface area contributed by atoms with Crippen molar-refractivity contribution >= 4 is 21.6 Å². The predicted octanol–water partition coefficient (Wildman–Crippen LogP) is 2.02. The van der Waals surface area contributed by atoms with E-state index in [2.05, 4.69) is 38.5 Å². The quantitative estimate of drug-likeness (QED) is 0.835. The first kappa shape index (κ1) is 12.8. The topological polar surface area (TPSA) is 46.2 Å². The number of nitrogens with one attached hydrogen (secondary N) is 2. The van der Waals surface area contributed by atoms with Crippen molar-refractivity contribution in [1.82, 2.24) is 10.3 Å². The Morgan fingerprint density at radius 3 is 3.29 bits per heavy atom. The predicted molar refractivity (Wildman–Crippen MR) is 72.2 cm³/mol. The minimum Gasteiger partial charge on any atom is -0.380 e. The van der Waals surface area contributed by atoms with E-state index in [9.17, 15) is 0 Å². The normalized spacial score (nSPS) is 22.1. The maximum absolute atomic E-state index is 5.45. The van der Waals surface area contributed by atoms with Crippen LogP contribution >= 0.6 is 15.9 Å². The zero-order chi connectivity index (χ0) is 12.1. The molecule has 2 N–H and O–H groups in total. The summed E-state index contributed by atoms with van der Waals surface area (Å²) in [7, 11) is 0. The largest absolute Gasteiger partial charge is 0.380 e. The Hall–Kier alpha value is -0.650. The van der Waals surface area contributed by atoms with Gasteiger partial charge < -0.3 is 15.4 Å². The zero-order valence-electron chi connectivity index (χ0n) is 9.95. The van der Waals surface area contributed by atoms with Crippen LogP contribution in [-0.2, 0) is 4.74 Å². The summed E-state index contributed by atoms with van der Waals surface area (Å²) in [5.74, 6) is 0. The van der Waals surface area contributed by atoms with Crippen LogP contribution in [0.3, 0.4) is 0 Å². The molecule has 2 rings (SSSR count). The number of aromatic nitrogens is 1. The Labute approximate surface area is 110 Å². The van der Waals surface area contributed by atoms with E-state index in [-0.39, 0.29) is 0 Å². The lowest BCUT2D eigenvalue weighted by Gasteiger charge is -2.27. The molecule has 0 aliphatic carbocycles. The van der Waals surface area contributed by atoms with Crippen LogP contribution in [0.1, 0.15) is 13.3 Å². The molecule has 0 amide bonds. The summed E-state index contributed by atoms with van der Waals surface area (Å²) in [6, 6.07) is 4.79. The molecular weight excluding hydrogens is 282 g/mol. The van der Waals surface area contributed by atoms with Crippen LogP contribution in [0.2, 0.25) is 0 Å². The number of nitrogens with zero attached hydrogens (tertiary/aromatic N) is 1. The molecule has 2 atom stereocenters. The molecule has 2 unspecified atom stereocenters. The summed E-state index contributed by atoms with van der Waals surface area (Å²) in [4.78, 5) is 4.19. The highest BCUT2D eigenvalue weighted by molar-refractivity contribution is 9.10. The van der Waals surface area contributed by atoms with Crippen molar-refractivity contribution < 1.29 is 4.74 Å². The van der Waals surface area contributed by atoms with Gasteiger partial charge in [0.25, 0.3) is 0 Å². The number of morpholine rings is 1. The Morgan fingerprint density at radius 2 is 2.59 bits per heavy atom. The van der Waals surface area contributed by atoms with Gasteiger partial charge in [-0.15, -0.1) is 0 Å². The first-order chi connectivity index (χ1) is 8.25. The minimum atomic E-state index is 0.384. The van der Waals surface area contributed by atoms with Gasteiger partial charge in [-0.1, -0.05) is 0 Å². The lowest BCUT2D eigenvalue weighted by Crippen LogP contribution is -2.43. The Bertz CT molecular complexity index is 355. The first-order valence-corrected chi connectivity index (χ1v) is 6.73. The molecule has 2 heterocycles. The Kier molecular flexibility index (Phi) is 4.76. The van der Waals surface area contributed by atoms with Gasteiger partial charge in [-0.2, -0.15) is 0 Å². The molecule has 1 aliphatic rings. The number of hydrogen-bond acceptors (Lipinski definition) is 4. The monoisotopic (exact) mass is 299 g/mol. The van der Waals surface area contributed by atoms with Gasteiger partial charge in [0.05, 0.1) is 18.9 Å². The molecule has 5 heteroatoms. The maximum atomic E-state index is 5.45. The first-order valence-electron chi connectivity index (χ1n) is 5.94. The molecule has 1 aromatic heterocycles. The smallest absolute Gasteiger partial charge is 0.129 e. The van der Waals surface area contributed by atoms with E-state index in [4.69, 9.17) is 4.74 Å². The van der Waals surface area contributed by atoms with E-state index in [0.29, 0.717) is 12.1 Å². The highest BCUT2D eigenvalue weighted by Crippen LogP contribution is 2.20. The summed E-state index contributed by atoms with van der Waals surface area (Å²) in [5.41, 5.74) is 1.04. The van der Waals surface area contributed by atoms with Gasteiger partial charge in [0.1, 0.15) is 4.60 Å². The molecule has 1 aliphatic heterocycles. The molecule has 0 spiro atoms. The van der Waals surface area contributed by atoms with Crippen molar-refractivity contribution in [1.29, 1.82) is 0 Å². The van der Waals surface area contributed by atoms with Crippen molar-refractivity contribution in [2.24, 2.45) is 0 Å². The number of hydrogen-bond donors (Lipinski definition) is 2.